The van der Waals surface area contributed by atoms with Crippen LogP contribution >= 0.6 is 0 Å². The largest absolute Gasteiger partial charge is 0.411 e. The molecule has 0 aromatic carbocycles. The predicted octanol–water partition coefficient (Wildman–Crippen LogP) is 4.74. The summed E-state index contributed by atoms with van der Waals surface area (Å²) in [6.45, 7) is 11.9. The molecule has 2 nitrogen and oxygen atoms in total. The van der Waals surface area contributed by atoms with Crippen LogP contribution in [0.2, 0.25) is 0 Å². The fraction of sp³-hybridized carbons (Fsp3) is 0.824. The zero-order valence-corrected chi connectivity index (χ0v) is 13.1. The zero-order chi connectivity index (χ0) is 14.2. The van der Waals surface area contributed by atoms with Gasteiger partial charge in [-0.1, -0.05) is 51.9 Å². The van der Waals surface area contributed by atoms with Crippen molar-refractivity contribution in [2.75, 3.05) is 0 Å². The number of rotatable bonds is 2. The van der Waals surface area contributed by atoms with E-state index in [1.807, 2.05) is 0 Å². The van der Waals surface area contributed by atoms with Crippen molar-refractivity contribution in [1.29, 1.82) is 0 Å². The maximum Gasteiger partial charge on any atom is 0.0577 e. The van der Waals surface area contributed by atoms with Crippen LogP contribution in [0.1, 0.15) is 53.9 Å². The van der Waals surface area contributed by atoms with Crippen molar-refractivity contribution in [3.8, 4) is 0 Å². The van der Waals surface area contributed by atoms with Gasteiger partial charge in [-0.15, -0.1) is 0 Å². The molecule has 0 spiro atoms. The molecule has 0 aromatic rings. The minimum absolute atomic E-state index is 0.367. The second-order valence-corrected chi connectivity index (χ2v) is 7.46. The fourth-order valence-corrected chi connectivity index (χ4v) is 4.65. The SMILES string of the molecule is CC(C)C1C=CC2C/C(=N\O)CC[C@]2(C)C1C(C)C. The first-order valence-electron chi connectivity index (χ1n) is 7.78. The molecule has 0 saturated heterocycles. The lowest BCUT2D eigenvalue weighted by atomic mass is 9.51. The lowest BCUT2D eigenvalue weighted by Gasteiger charge is -2.53. The number of nitrogens with zero attached hydrogens (tertiary/aromatic N) is 1. The van der Waals surface area contributed by atoms with Gasteiger partial charge in [0.15, 0.2) is 0 Å². The molecule has 108 valence electrons. The molecule has 2 rings (SSSR count). The summed E-state index contributed by atoms with van der Waals surface area (Å²) in [4.78, 5) is 0. The van der Waals surface area contributed by atoms with Crippen molar-refractivity contribution < 1.29 is 5.21 Å². The molecule has 0 radical (unpaired) electrons. The first-order valence-corrected chi connectivity index (χ1v) is 7.78. The van der Waals surface area contributed by atoms with Gasteiger partial charge < -0.3 is 5.21 Å². The third kappa shape index (κ3) is 2.46. The van der Waals surface area contributed by atoms with Crippen LogP contribution in [0.3, 0.4) is 0 Å². The molecule has 0 aromatic heterocycles. The molecule has 1 N–H and O–H groups in total. The maximum atomic E-state index is 9.04. The molecule has 19 heavy (non-hydrogen) atoms. The minimum Gasteiger partial charge on any atom is -0.411 e. The summed E-state index contributed by atoms with van der Waals surface area (Å²) < 4.78 is 0. The highest BCUT2D eigenvalue weighted by molar-refractivity contribution is 5.85. The number of oxime groups is 1. The smallest absolute Gasteiger partial charge is 0.0577 e. The van der Waals surface area contributed by atoms with Gasteiger partial charge in [0, 0.05) is 0 Å². The molecule has 4 atom stereocenters. The van der Waals surface area contributed by atoms with Crippen LogP contribution < -0.4 is 0 Å². The van der Waals surface area contributed by atoms with E-state index in [1.165, 1.54) is 0 Å². The Morgan fingerprint density at radius 3 is 2.42 bits per heavy atom. The summed E-state index contributed by atoms with van der Waals surface area (Å²) in [5, 5.41) is 12.5. The first-order chi connectivity index (χ1) is 8.90. The molecule has 1 saturated carbocycles. The van der Waals surface area contributed by atoms with Gasteiger partial charge in [-0.05, 0) is 54.3 Å². The van der Waals surface area contributed by atoms with Crippen molar-refractivity contribution in [2.24, 2.45) is 40.2 Å². The Labute approximate surface area is 118 Å². The lowest BCUT2D eigenvalue weighted by molar-refractivity contribution is 0.0101. The van der Waals surface area contributed by atoms with E-state index in [0.29, 0.717) is 29.1 Å². The quantitative estimate of drug-likeness (QED) is 0.436. The predicted molar refractivity (Wildman–Crippen MR) is 80.5 cm³/mol. The number of allylic oxidation sites excluding steroid dienone is 2. The summed E-state index contributed by atoms with van der Waals surface area (Å²) in [6.07, 6.45) is 7.92. The van der Waals surface area contributed by atoms with Crippen LogP contribution in [0.25, 0.3) is 0 Å². The number of hydrogen-bond acceptors (Lipinski definition) is 2. The molecular weight excluding hydrogens is 234 g/mol. The van der Waals surface area contributed by atoms with E-state index < -0.39 is 0 Å². The van der Waals surface area contributed by atoms with Crippen molar-refractivity contribution in [3.63, 3.8) is 0 Å². The second-order valence-electron chi connectivity index (χ2n) is 7.46. The van der Waals surface area contributed by atoms with Gasteiger partial charge in [-0.3, -0.25) is 0 Å². The monoisotopic (exact) mass is 263 g/mol. The summed E-state index contributed by atoms with van der Waals surface area (Å²) in [7, 11) is 0. The Kier molecular flexibility index (Phi) is 4.08. The number of fused-ring (bicyclic) bond motifs is 1. The van der Waals surface area contributed by atoms with Crippen molar-refractivity contribution >= 4 is 5.71 Å². The van der Waals surface area contributed by atoms with Gasteiger partial charge in [0.25, 0.3) is 0 Å². The second kappa shape index (κ2) is 5.30. The highest BCUT2D eigenvalue weighted by Gasteiger charge is 2.49. The third-order valence-corrected chi connectivity index (χ3v) is 5.63. The van der Waals surface area contributed by atoms with Crippen molar-refractivity contribution in [1.82, 2.24) is 0 Å². The molecule has 0 bridgehead atoms. The van der Waals surface area contributed by atoms with E-state index in [-0.39, 0.29) is 0 Å². The molecule has 0 heterocycles. The fourth-order valence-electron chi connectivity index (χ4n) is 4.65. The summed E-state index contributed by atoms with van der Waals surface area (Å²) in [5.74, 6) is 3.39. The summed E-state index contributed by atoms with van der Waals surface area (Å²) in [5.41, 5.74) is 1.35. The molecule has 2 heteroatoms. The van der Waals surface area contributed by atoms with E-state index in [2.05, 4.69) is 51.9 Å². The molecule has 3 unspecified atom stereocenters. The van der Waals surface area contributed by atoms with E-state index >= 15 is 0 Å². The Bertz CT molecular complexity index is 383. The maximum absolute atomic E-state index is 9.04. The summed E-state index contributed by atoms with van der Waals surface area (Å²) >= 11 is 0. The molecule has 2 aliphatic rings. The Balaban J connectivity index is 2.36. The average Bonchev–Trinajstić information content (AvgIpc) is 2.35. The van der Waals surface area contributed by atoms with Crippen molar-refractivity contribution in [2.45, 2.75) is 53.9 Å². The van der Waals surface area contributed by atoms with Gasteiger partial charge in [-0.25, -0.2) is 0 Å². The van der Waals surface area contributed by atoms with E-state index in [9.17, 15) is 0 Å². The van der Waals surface area contributed by atoms with E-state index in [1.54, 1.807) is 0 Å². The molecule has 0 aliphatic heterocycles. The standard InChI is InChI=1S/C17H29NO/c1-11(2)15-7-6-13-10-14(18-19)8-9-17(13,5)16(15)12(3)4/h6-7,11-13,15-16,19H,8-10H2,1-5H3/b18-14-/t13?,15?,16?,17-/m0/s1. The first kappa shape index (κ1) is 14.6. The van der Waals surface area contributed by atoms with Crippen LogP contribution in [0.15, 0.2) is 17.3 Å². The van der Waals surface area contributed by atoms with Crippen molar-refractivity contribution in [3.05, 3.63) is 12.2 Å². The van der Waals surface area contributed by atoms with Crippen LogP contribution in [-0.4, -0.2) is 10.9 Å². The third-order valence-electron chi connectivity index (χ3n) is 5.63. The van der Waals surface area contributed by atoms with Gasteiger partial charge in [-0.2, -0.15) is 0 Å². The molecule has 0 amide bonds. The van der Waals surface area contributed by atoms with Gasteiger partial charge in [0.1, 0.15) is 0 Å². The van der Waals surface area contributed by atoms with Crippen LogP contribution in [0, 0.1) is 35.0 Å². The van der Waals surface area contributed by atoms with Crippen LogP contribution in [0.4, 0.5) is 0 Å². The Morgan fingerprint density at radius 2 is 1.89 bits per heavy atom. The zero-order valence-electron chi connectivity index (χ0n) is 13.1. The van der Waals surface area contributed by atoms with E-state index in [0.717, 1.165) is 30.9 Å². The number of hydrogen-bond donors (Lipinski definition) is 1. The van der Waals surface area contributed by atoms with E-state index in [4.69, 9.17) is 5.21 Å². The Morgan fingerprint density at radius 1 is 1.21 bits per heavy atom. The lowest BCUT2D eigenvalue weighted by Crippen LogP contribution is -2.48. The van der Waals surface area contributed by atoms with Gasteiger partial charge in [0.05, 0.1) is 5.71 Å². The van der Waals surface area contributed by atoms with Crippen LogP contribution in [0.5, 0.6) is 0 Å². The average molecular weight is 263 g/mol. The molecular formula is C17H29NO. The van der Waals surface area contributed by atoms with Crippen LogP contribution in [-0.2, 0) is 0 Å². The minimum atomic E-state index is 0.367. The summed E-state index contributed by atoms with van der Waals surface area (Å²) in [6, 6.07) is 0. The molecule has 1 fully saturated rings. The topological polar surface area (TPSA) is 32.6 Å². The Hall–Kier alpha value is -0.790. The molecule has 2 aliphatic carbocycles. The highest BCUT2D eigenvalue weighted by Crippen LogP contribution is 2.55. The highest BCUT2D eigenvalue weighted by atomic mass is 16.4. The normalized spacial score (nSPS) is 41.0. The van der Waals surface area contributed by atoms with Gasteiger partial charge in [0.2, 0.25) is 0 Å². The van der Waals surface area contributed by atoms with Gasteiger partial charge >= 0.3 is 0 Å².